The van der Waals surface area contributed by atoms with E-state index in [0.717, 1.165) is 18.4 Å². The number of hydrogen-bond donors (Lipinski definition) is 1. The standard InChI is InChI=1S/C20H24N2/c1-2-8-16(9-3-1)19-17-10-4-5-11-18(17)20(19)22-14-15-7-6-12-21-13-15/h1-3,6-9,12-13,17-20,22H,4-5,10-11,14H2/t17-,18-,19+,20+/m1/s1. The van der Waals surface area contributed by atoms with Crippen molar-refractivity contribution >= 4 is 0 Å². The van der Waals surface area contributed by atoms with Crippen LogP contribution in [0.15, 0.2) is 54.9 Å². The van der Waals surface area contributed by atoms with E-state index in [0.29, 0.717) is 12.0 Å². The lowest BCUT2D eigenvalue weighted by Crippen LogP contribution is -2.57. The third-order valence-electron chi connectivity index (χ3n) is 5.63. The number of benzene rings is 1. The van der Waals surface area contributed by atoms with Gasteiger partial charge in [0.2, 0.25) is 0 Å². The Hall–Kier alpha value is -1.67. The molecule has 2 fully saturated rings. The third-order valence-corrected chi connectivity index (χ3v) is 5.63. The minimum Gasteiger partial charge on any atom is -0.309 e. The van der Waals surface area contributed by atoms with Crippen molar-refractivity contribution in [3.8, 4) is 0 Å². The highest BCUT2D eigenvalue weighted by molar-refractivity contribution is 5.28. The van der Waals surface area contributed by atoms with E-state index in [1.54, 1.807) is 0 Å². The molecule has 114 valence electrons. The number of nitrogens with zero attached hydrogens (tertiary/aromatic N) is 1. The van der Waals surface area contributed by atoms with E-state index in [9.17, 15) is 0 Å². The second-order valence-corrected chi connectivity index (χ2v) is 6.82. The quantitative estimate of drug-likeness (QED) is 0.916. The number of pyridine rings is 1. The number of nitrogens with one attached hydrogen (secondary N) is 1. The Morgan fingerprint density at radius 1 is 0.955 bits per heavy atom. The summed E-state index contributed by atoms with van der Waals surface area (Å²) in [6.45, 7) is 0.936. The van der Waals surface area contributed by atoms with Crippen LogP contribution in [-0.2, 0) is 6.54 Å². The van der Waals surface area contributed by atoms with Crippen molar-refractivity contribution < 1.29 is 0 Å². The van der Waals surface area contributed by atoms with Gasteiger partial charge in [-0.05, 0) is 41.9 Å². The van der Waals surface area contributed by atoms with Gasteiger partial charge < -0.3 is 5.32 Å². The molecule has 2 aromatic rings. The highest BCUT2D eigenvalue weighted by Gasteiger charge is 2.50. The van der Waals surface area contributed by atoms with Gasteiger partial charge in [0.1, 0.15) is 0 Å². The molecule has 4 rings (SSSR count). The summed E-state index contributed by atoms with van der Waals surface area (Å²) in [5.74, 6) is 2.46. The summed E-state index contributed by atoms with van der Waals surface area (Å²) < 4.78 is 0. The molecule has 2 nitrogen and oxygen atoms in total. The number of fused-ring (bicyclic) bond motifs is 1. The number of rotatable bonds is 4. The summed E-state index contributed by atoms with van der Waals surface area (Å²) in [5, 5.41) is 3.84. The Bertz CT molecular complexity index is 596. The first-order valence-electron chi connectivity index (χ1n) is 8.61. The van der Waals surface area contributed by atoms with Crippen LogP contribution >= 0.6 is 0 Å². The van der Waals surface area contributed by atoms with Crippen LogP contribution in [0.4, 0.5) is 0 Å². The van der Waals surface area contributed by atoms with E-state index >= 15 is 0 Å². The summed E-state index contributed by atoms with van der Waals surface area (Å²) in [6, 6.07) is 15.9. The van der Waals surface area contributed by atoms with Crippen LogP contribution in [-0.4, -0.2) is 11.0 Å². The lowest BCUT2D eigenvalue weighted by atomic mass is 9.53. The van der Waals surface area contributed by atoms with Crippen molar-refractivity contribution in [1.29, 1.82) is 0 Å². The highest BCUT2D eigenvalue weighted by atomic mass is 15.0. The van der Waals surface area contributed by atoms with Gasteiger partial charge in [-0.25, -0.2) is 0 Å². The summed E-state index contributed by atoms with van der Waals surface area (Å²) in [5.41, 5.74) is 2.81. The average molecular weight is 292 g/mol. The molecule has 2 aliphatic rings. The maximum absolute atomic E-state index is 4.23. The molecule has 1 heterocycles. The Labute approximate surface area is 133 Å². The Kier molecular flexibility index (Phi) is 3.94. The Morgan fingerprint density at radius 2 is 1.77 bits per heavy atom. The number of aromatic nitrogens is 1. The molecule has 4 atom stereocenters. The molecular weight excluding hydrogens is 268 g/mol. The normalized spacial score (nSPS) is 30.4. The first kappa shape index (κ1) is 14.0. The molecule has 0 bridgehead atoms. The van der Waals surface area contributed by atoms with Crippen LogP contribution in [0, 0.1) is 11.8 Å². The van der Waals surface area contributed by atoms with Crippen LogP contribution in [0.3, 0.4) is 0 Å². The molecule has 0 aliphatic heterocycles. The van der Waals surface area contributed by atoms with Gasteiger partial charge in [-0.15, -0.1) is 0 Å². The molecule has 1 N–H and O–H groups in total. The maximum atomic E-state index is 4.23. The zero-order valence-electron chi connectivity index (χ0n) is 13.0. The van der Waals surface area contributed by atoms with Crippen molar-refractivity contribution in [1.82, 2.24) is 10.3 Å². The first-order chi connectivity index (χ1) is 10.9. The molecule has 0 radical (unpaired) electrons. The lowest BCUT2D eigenvalue weighted by molar-refractivity contribution is 0.0254. The molecule has 0 spiro atoms. The molecule has 2 saturated carbocycles. The van der Waals surface area contributed by atoms with Gasteiger partial charge >= 0.3 is 0 Å². The lowest BCUT2D eigenvalue weighted by Gasteiger charge is -2.55. The SMILES string of the molecule is c1ccc([C@H]2[C@@H]3CCCC[C@H]3[C@@H]2NCc2cccnc2)cc1. The fraction of sp³-hybridized carbons (Fsp3) is 0.450. The van der Waals surface area contributed by atoms with E-state index < -0.39 is 0 Å². The van der Waals surface area contributed by atoms with Crippen LogP contribution in [0.1, 0.15) is 42.7 Å². The predicted molar refractivity (Wildman–Crippen MR) is 89.5 cm³/mol. The molecule has 2 heteroatoms. The van der Waals surface area contributed by atoms with E-state index in [4.69, 9.17) is 0 Å². The highest BCUT2D eigenvalue weighted by Crippen LogP contribution is 2.54. The molecule has 1 aromatic carbocycles. The van der Waals surface area contributed by atoms with Gasteiger partial charge in [0.05, 0.1) is 0 Å². The second-order valence-electron chi connectivity index (χ2n) is 6.82. The van der Waals surface area contributed by atoms with Gasteiger partial charge in [-0.1, -0.05) is 49.2 Å². The van der Waals surface area contributed by atoms with Crippen LogP contribution < -0.4 is 5.32 Å². The van der Waals surface area contributed by atoms with Crippen molar-refractivity contribution in [2.75, 3.05) is 0 Å². The maximum Gasteiger partial charge on any atom is 0.0312 e. The van der Waals surface area contributed by atoms with Crippen molar-refractivity contribution in [2.45, 2.75) is 44.2 Å². The van der Waals surface area contributed by atoms with Gasteiger partial charge in [0.25, 0.3) is 0 Å². The molecule has 0 saturated heterocycles. The zero-order chi connectivity index (χ0) is 14.8. The van der Waals surface area contributed by atoms with Crippen molar-refractivity contribution in [2.24, 2.45) is 11.8 Å². The summed E-state index contributed by atoms with van der Waals surface area (Å²) >= 11 is 0. The Morgan fingerprint density at radius 3 is 2.55 bits per heavy atom. The summed E-state index contributed by atoms with van der Waals surface area (Å²) in [7, 11) is 0. The van der Waals surface area contributed by atoms with Crippen molar-refractivity contribution in [3.05, 3.63) is 66.0 Å². The van der Waals surface area contributed by atoms with Gasteiger partial charge in [0.15, 0.2) is 0 Å². The monoisotopic (exact) mass is 292 g/mol. The van der Waals surface area contributed by atoms with Crippen LogP contribution in [0.5, 0.6) is 0 Å². The fourth-order valence-corrected chi connectivity index (χ4v) is 4.61. The molecule has 22 heavy (non-hydrogen) atoms. The third kappa shape index (κ3) is 2.56. The minimum atomic E-state index is 0.632. The largest absolute Gasteiger partial charge is 0.309 e. The van der Waals surface area contributed by atoms with E-state index in [1.165, 1.54) is 36.8 Å². The van der Waals surface area contributed by atoms with Gasteiger partial charge in [0, 0.05) is 30.9 Å². The molecule has 1 aromatic heterocycles. The predicted octanol–water partition coefficient (Wildman–Crippen LogP) is 4.14. The van der Waals surface area contributed by atoms with Gasteiger partial charge in [-0.2, -0.15) is 0 Å². The van der Waals surface area contributed by atoms with E-state index in [-0.39, 0.29) is 0 Å². The van der Waals surface area contributed by atoms with Crippen LogP contribution in [0.2, 0.25) is 0 Å². The van der Waals surface area contributed by atoms with Crippen LogP contribution in [0.25, 0.3) is 0 Å². The molecule has 0 amide bonds. The molecular formula is C20H24N2. The first-order valence-corrected chi connectivity index (χ1v) is 8.61. The average Bonchev–Trinajstić information content (AvgIpc) is 2.58. The summed E-state index contributed by atoms with van der Waals surface area (Å²) in [4.78, 5) is 4.23. The molecule has 2 aliphatic carbocycles. The molecule has 0 unspecified atom stereocenters. The number of hydrogen-bond acceptors (Lipinski definition) is 2. The zero-order valence-corrected chi connectivity index (χ0v) is 13.0. The fourth-order valence-electron chi connectivity index (χ4n) is 4.61. The van der Waals surface area contributed by atoms with E-state index in [2.05, 4.69) is 46.7 Å². The van der Waals surface area contributed by atoms with Gasteiger partial charge in [-0.3, -0.25) is 4.98 Å². The second kappa shape index (κ2) is 6.21. The topological polar surface area (TPSA) is 24.9 Å². The van der Waals surface area contributed by atoms with Crippen molar-refractivity contribution in [3.63, 3.8) is 0 Å². The minimum absolute atomic E-state index is 0.632. The van der Waals surface area contributed by atoms with E-state index in [1.807, 2.05) is 18.5 Å². The Balaban J connectivity index is 1.50. The smallest absolute Gasteiger partial charge is 0.0312 e. The summed E-state index contributed by atoms with van der Waals surface area (Å²) in [6.07, 6.45) is 9.46.